The average Bonchev–Trinajstić information content (AvgIpc) is 2.45. The van der Waals surface area contributed by atoms with Gasteiger partial charge < -0.3 is 5.11 Å². The molecule has 21 heavy (non-hydrogen) atoms. The van der Waals surface area contributed by atoms with Crippen LogP contribution in [0.1, 0.15) is 72.6 Å². The number of allylic oxidation sites excluding steroid dienone is 7. The second kappa shape index (κ2) is 9.78. The van der Waals surface area contributed by atoms with Crippen LogP contribution in [-0.4, -0.2) is 11.7 Å². The summed E-state index contributed by atoms with van der Waals surface area (Å²) in [6.07, 6.45) is 14.9. The third-order valence-corrected chi connectivity index (χ3v) is 4.42. The SMILES string of the molecule is C/C1=C\CC/C(C)=C/C/C(=C(\C)CO)CC/C(C)=C/CC1. The highest BCUT2D eigenvalue weighted by molar-refractivity contribution is 5.19. The molecule has 0 saturated heterocycles. The van der Waals surface area contributed by atoms with Gasteiger partial charge in [0.1, 0.15) is 0 Å². The summed E-state index contributed by atoms with van der Waals surface area (Å²) in [4.78, 5) is 0. The highest BCUT2D eigenvalue weighted by Crippen LogP contribution is 2.22. The second-order valence-corrected chi connectivity index (χ2v) is 6.47. The largest absolute Gasteiger partial charge is 0.392 e. The molecule has 118 valence electrons. The fourth-order valence-electron chi connectivity index (χ4n) is 2.65. The minimum atomic E-state index is 0.187. The van der Waals surface area contributed by atoms with Crippen molar-refractivity contribution < 1.29 is 5.11 Å². The second-order valence-electron chi connectivity index (χ2n) is 6.47. The third-order valence-electron chi connectivity index (χ3n) is 4.42. The maximum absolute atomic E-state index is 9.42. The molecule has 1 nitrogen and oxygen atoms in total. The first-order valence-corrected chi connectivity index (χ1v) is 8.28. The van der Waals surface area contributed by atoms with Crippen LogP contribution < -0.4 is 0 Å². The predicted molar refractivity (Wildman–Crippen MR) is 93.4 cm³/mol. The van der Waals surface area contributed by atoms with Crippen LogP contribution in [0.3, 0.4) is 0 Å². The topological polar surface area (TPSA) is 20.2 Å². The van der Waals surface area contributed by atoms with Crippen molar-refractivity contribution in [1.82, 2.24) is 0 Å². The number of hydrogen-bond donors (Lipinski definition) is 1. The molecule has 0 bridgehead atoms. The van der Waals surface area contributed by atoms with Gasteiger partial charge in [0, 0.05) is 0 Å². The van der Waals surface area contributed by atoms with Crippen molar-refractivity contribution in [2.24, 2.45) is 0 Å². The smallest absolute Gasteiger partial charge is 0.0641 e. The Morgan fingerprint density at radius 2 is 1.38 bits per heavy atom. The van der Waals surface area contributed by atoms with E-state index in [9.17, 15) is 5.11 Å². The highest BCUT2D eigenvalue weighted by atomic mass is 16.3. The number of hydrogen-bond acceptors (Lipinski definition) is 1. The molecule has 1 rings (SSSR count). The van der Waals surface area contributed by atoms with E-state index in [0.29, 0.717) is 0 Å². The predicted octanol–water partition coefficient (Wildman–Crippen LogP) is 5.88. The first-order chi connectivity index (χ1) is 10.0. The van der Waals surface area contributed by atoms with Gasteiger partial charge in [-0.15, -0.1) is 0 Å². The molecule has 0 aromatic heterocycles. The molecule has 0 atom stereocenters. The normalized spacial score (nSPS) is 29.3. The quantitative estimate of drug-likeness (QED) is 0.597. The monoisotopic (exact) mass is 288 g/mol. The Balaban J connectivity index is 2.88. The van der Waals surface area contributed by atoms with Crippen LogP contribution in [0.25, 0.3) is 0 Å². The van der Waals surface area contributed by atoms with Gasteiger partial charge in [0.25, 0.3) is 0 Å². The van der Waals surface area contributed by atoms with Crippen LogP contribution in [-0.2, 0) is 0 Å². The Morgan fingerprint density at radius 3 is 1.95 bits per heavy atom. The van der Waals surface area contributed by atoms with Crippen LogP contribution >= 0.6 is 0 Å². The lowest BCUT2D eigenvalue weighted by Crippen LogP contribution is -1.95. The Morgan fingerprint density at radius 1 is 0.857 bits per heavy atom. The summed E-state index contributed by atoms with van der Waals surface area (Å²) in [5.41, 5.74) is 7.01. The van der Waals surface area contributed by atoms with Gasteiger partial charge in [-0.2, -0.15) is 0 Å². The van der Waals surface area contributed by atoms with Gasteiger partial charge in [0.05, 0.1) is 6.61 Å². The van der Waals surface area contributed by atoms with Gasteiger partial charge in [-0.1, -0.05) is 40.5 Å². The van der Waals surface area contributed by atoms with Crippen molar-refractivity contribution in [2.45, 2.75) is 72.6 Å². The van der Waals surface area contributed by atoms with Crippen LogP contribution in [0, 0.1) is 0 Å². The Labute approximate surface area is 131 Å². The Hall–Kier alpha value is -1.08. The van der Waals surface area contributed by atoms with E-state index in [0.717, 1.165) is 44.1 Å². The third kappa shape index (κ3) is 7.47. The fourth-order valence-corrected chi connectivity index (χ4v) is 2.65. The summed E-state index contributed by atoms with van der Waals surface area (Å²) in [6, 6.07) is 0. The zero-order valence-electron chi connectivity index (χ0n) is 14.3. The summed E-state index contributed by atoms with van der Waals surface area (Å²) in [6.45, 7) is 8.96. The van der Waals surface area contributed by atoms with Crippen LogP contribution in [0.5, 0.6) is 0 Å². The minimum absolute atomic E-state index is 0.187. The molecule has 0 saturated carbocycles. The summed E-state index contributed by atoms with van der Waals surface area (Å²) in [5, 5.41) is 9.42. The molecular weight excluding hydrogens is 256 g/mol. The lowest BCUT2D eigenvalue weighted by Gasteiger charge is -2.11. The molecule has 1 aliphatic carbocycles. The lowest BCUT2D eigenvalue weighted by molar-refractivity contribution is 0.329. The summed E-state index contributed by atoms with van der Waals surface area (Å²) in [7, 11) is 0. The number of rotatable bonds is 1. The zero-order valence-corrected chi connectivity index (χ0v) is 14.3. The van der Waals surface area contributed by atoms with E-state index in [1.165, 1.54) is 28.7 Å². The summed E-state index contributed by atoms with van der Waals surface area (Å²) in [5.74, 6) is 0. The van der Waals surface area contributed by atoms with Crippen molar-refractivity contribution >= 4 is 0 Å². The minimum Gasteiger partial charge on any atom is -0.392 e. The van der Waals surface area contributed by atoms with Crippen LogP contribution in [0.4, 0.5) is 0 Å². The van der Waals surface area contributed by atoms with E-state index in [-0.39, 0.29) is 6.61 Å². The molecular formula is C20H32O. The molecule has 1 heteroatoms. The lowest BCUT2D eigenvalue weighted by atomic mass is 9.96. The van der Waals surface area contributed by atoms with E-state index in [4.69, 9.17) is 0 Å². The maximum atomic E-state index is 9.42. The molecule has 1 N–H and O–H groups in total. The van der Waals surface area contributed by atoms with Gasteiger partial charge >= 0.3 is 0 Å². The molecule has 0 radical (unpaired) electrons. The molecule has 0 aromatic rings. The van der Waals surface area contributed by atoms with E-state index in [2.05, 4.69) is 45.9 Å². The molecule has 0 aromatic carbocycles. The maximum Gasteiger partial charge on any atom is 0.0641 e. The van der Waals surface area contributed by atoms with Crippen molar-refractivity contribution in [3.63, 3.8) is 0 Å². The fraction of sp³-hybridized carbons (Fsp3) is 0.600. The Kier molecular flexibility index (Phi) is 8.37. The summed E-state index contributed by atoms with van der Waals surface area (Å²) < 4.78 is 0. The van der Waals surface area contributed by atoms with Crippen LogP contribution in [0.15, 0.2) is 46.1 Å². The van der Waals surface area contributed by atoms with Gasteiger partial charge in [0.15, 0.2) is 0 Å². The highest BCUT2D eigenvalue weighted by Gasteiger charge is 2.03. The zero-order chi connectivity index (χ0) is 15.7. The molecule has 0 heterocycles. The van der Waals surface area contributed by atoms with E-state index >= 15 is 0 Å². The average molecular weight is 288 g/mol. The molecule has 0 unspecified atom stereocenters. The van der Waals surface area contributed by atoms with Gasteiger partial charge in [-0.25, -0.2) is 0 Å². The number of aliphatic hydroxyl groups is 1. The summed E-state index contributed by atoms with van der Waals surface area (Å²) >= 11 is 0. The number of aliphatic hydroxyl groups excluding tert-OH is 1. The van der Waals surface area contributed by atoms with Crippen molar-refractivity contribution in [3.05, 3.63) is 46.1 Å². The van der Waals surface area contributed by atoms with Crippen molar-refractivity contribution in [3.8, 4) is 0 Å². The van der Waals surface area contributed by atoms with Gasteiger partial charge in [-0.3, -0.25) is 0 Å². The molecule has 0 spiro atoms. The Bertz CT molecular complexity index is 446. The first kappa shape index (κ1) is 18.0. The van der Waals surface area contributed by atoms with Crippen LogP contribution in [0.2, 0.25) is 0 Å². The van der Waals surface area contributed by atoms with E-state index in [1.807, 2.05) is 0 Å². The van der Waals surface area contributed by atoms with Gasteiger partial charge in [0.2, 0.25) is 0 Å². The van der Waals surface area contributed by atoms with E-state index in [1.54, 1.807) is 0 Å². The molecule has 0 aliphatic heterocycles. The molecule has 0 amide bonds. The molecule has 1 aliphatic rings. The molecule has 0 fully saturated rings. The van der Waals surface area contributed by atoms with Gasteiger partial charge in [-0.05, 0) is 78.2 Å². The van der Waals surface area contributed by atoms with E-state index < -0.39 is 0 Å². The van der Waals surface area contributed by atoms with Crippen molar-refractivity contribution in [1.29, 1.82) is 0 Å². The van der Waals surface area contributed by atoms with Crippen molar-refractivity contribution in [2.75, 3.05) is 6.61 Å². The standard InChI is InChI=1S/C20H32O/c1-16-7-5-9-17(2)11-13-20(19(4)15-21)14-12-18(3)10-6-8-16/h7,10-11,21H,5-6,8-9,12-15H2,1-4H3/b16-7+,17-11+,18-10+,20-19-. The first-order valence-electron chi connectivity index (χ1n) is 8.28.